The molecule has 0 saturated heterocycles. The molecule has 3 aromatic rings. The van der Waals surface area contributed by atoms with Gasteiger partial charge in [0.15, 0.2) is 0 Å². The van der Waals surface area contributed by atoms with Crippen LogP contribution in [0.1, 0.15) is 16.7 Å². The highest BCUT2D eigenvalue weighted by atomic mass is 35.5. The summed E-state index contributed by atoms with van der Waals surface area (Å²) in [4.78, 5) is 0. The van der Waals surface area contributed by atoms with Crippen molar-refractivity contribution in [1.82, 2.24) is 0 Å². The Morgan fingerprint density at radius 3 is 2.18 bits per heavy atom. The van der Waals surface area contributed by atoms with Crippen molar-refractivity contribution in [2.24, 2.45) is 5.73 Å². The zero-order valence-electron chi connectivity index (χ0n) is 14.7. The average molecular weight is 412 g/mol. The first-order valence-corrected chi connectivity index (χ1v) is 8.25. The van der Waals surface area contributed by atoms with Crippen LogP contribution in [0.5, 0.6) is 5.75 Å². The molecule has 0 atom stereocenters. The Hall–Kier alpha value is -2.57. The number of hydrogen-bond acceptors (Lipinski definition) is 2. The van der Waals surface area contributed by atoms with E-state index in [1.807, 2.05) is 30.3 Å². The van der Waals surface area contributed by atoms with E-state index in [2.05, 4.69) is 0 Å². The quantitative estimate of drug-likeness (QED) is 0.525. The van der Waals surface area contributed by atoms with Crippen LogP contribution in [0, 0.1) is 5.82 Å². The first kappa shape index (κ1) is 21.7. The Morgan fingerprint density at radius 1 is 0.821 bits per heavy atom. The van der Waals surface area contributed by atoms with Crippen LogP contribution in [0.2, 0.25) is 0 Å². The van der Waals surface area contributed by atoms with E-state index in [4.69, 9.17) is 10.5 Å². The summed E-state index contributed by atoms with van der Waals surface area (Å²) >= 11 is 0. The highest BCUT2D eigenvalue weighted by Gasteiger charge is 2.31. The maximum absolute atomic E-state index is 14.3. The van der Waals surface area contributed by atoms with Gasteiger partial charge in [-0.1, -0.05) is 42.5 Å². The van der Waals surface area contributed by atoms with Crippen LogP contribution in [-0.2, 0) is 19.3 Å². The zero-order chi connectivity index (χ0) is 19.4. The predicted molar refractivity (Wildman–Crippen MR) is 103 cm³/mol. The van der Waals surface area contributed by atoms with Gasteiger partial charge < -0.3 is 10.5 Å². The molecular weight excluding hydrogens is 394 g/mol. The van der Waals surface area contributed by atoms with Gasteiger partial charge >= 0.3 is 6.18 Å². The van der Waals surface area contributed by atoms with Crippen molar-refractivity contribution < 1.29 is 22.3 Å². The summed E-state index contributed by atoms with van der Waals surface area (Å²) in [5.74, 6) is -0.479. The van der Waals surface area contributed by atoms with E-state index >= 15 is 0 Å². The normalized spacial score (nSPS) is 11.0. The van der Waals surface area contributed by atoms with Crippen molar-refractivity contribution in [3.8, 4) is 16.9 Å². The van der Waals surface area contributed by atoms with Crippen molar-refractivity contribution in [3.63, 3.8) is 0 Å². The second kappa shape index (κ2) is 9.08. The Balaban J connectivity index is 0.00000280. The molecule has 0 radical (unpaired) electrons. The fraction of sp³-hybridized carbons (Fsp3) is 0.143. The summed E-state index contributed by atoms with van der Waals surface area (Å²) in [5, 5.41) is 0. The second-order valence-electron chi connectivity index (χ2n) is 6.00. The molecule has 0 bridgehead atoms. The van der Waals surface area contributed by atoms with Gasteiger partial charge in [0.05, 0.1) is 5.56 Å². The highest BCUT2D eigenvalue weighted by molar-refractivity contribution is 5.85. The molecule has 28 heavy (non-hydrogen) atoms. The lowest BCUT2D eigenvalue weighted by atomic mass is 9.99. The van der Waals surface area contributed by atoms with Crippen molar-refractivity contribution in [2.75, 3.05) is 0 Å². The molecule has 0 saturated carbocycles. The minimum absolute atomic E-state index is 0. The number of nitrogens with two attached hydrogens (primary N) is 1. The van der Waals surface area contributed by atoms with E-state index in [0.717, 1.165) is 29.3 Å². The molecule has 0 spiro atoms. The van der Waals surface area contributed by atoms with E-state index in [9.17, 15) is 17.6 Å². The number of halogens is 5. The second-order valence-corrected chi connectivity index (χ2v) is 6.00. The van der Waals surface area contributed by atoms with E-state index < -0.39 is 17.6 Å². The van der Waals surface area contributed by atoms with E-state index in [0.29, 0.717) is 0 Å². The van der Waals surface area contributed by atoms with E-state index in [-0.39, 0.29) is 42.4 Å². The number of ether oxygens (including phenoxy) is 1. The third-order valence-corrected chi connectivity index (χ3v) is 4.10. The molecule has 0 aromatic heterocycles. The number of rotatable bonds is 5. The lowest BCUT2D eigenvalue weighted by Gasteiger charge is -2.15. The molecule has 0 heterocycles. The Bertz CT molecular complexity index is 929. The molecule has 0 aliphatic heterocycles. The van der Waals surface area contributed by atoms with Crippen LogP contribution in [0.3, 0.4) is 0 Å². The molecule has 0 fully saturated rings. The Morgan fingerprint density at radius 2 is 1.54 bits per heavy atom. The molecule has 0 unspecified atom stereocenters. The van der Waals surface area contributed by atoms with Gasteiger partial charge in [-0.15, -0.1) is 12.4 Å². The van der Waals surface area contributed by atoms with Crippen molar-refractivity contribution in [2.45, 2.75) is 19.3 Å². The van der Waals surface area contributed by atoms with Gasteiger partial charge in [-0.3, -0.25) is 0 Å². The fourth-order valence-corrected chi connectivity index (χ4v) is 2.68. The number of alkyl halides is 3. The van der Waals surface area contributed by atoms with E-state index in [1.54, 1.807) is 12.1 Å². The van der Waals surface area contributed by atoms with Gasteiger partial charge in [0.1, 0.15) is 18.2 Å². The molecule has 7 heteroatoms. The molecule has 0 aliphatic rings. The molecule has 2 N–H and O–H groups in total. The highest BCUT2D eigenvalue weighted by Crippen LogP contribution is 2.37. The topological polar surface area (TPSA) is 35.2 Å². The summed E-state index contributed by atoms with van der Waals surface area (Å²) < 4.78 is 59.2. The van der Waals surface area contributed by atoms with Crippen molar-refractivity contribution in [1.29, 1.82) is 0 Å². The SMILES string of the molecule is Cl.NCc1ccc(-c2cc(C(F)(F)F)ccc2F)c(OCc2ccccc2)c1. The van der Waals surface area contributed by atoms with Crippen LogP contribution in [0.4, 0.5) is 17.6 Å². The number of benzene rings is 3. The van der Waals surface area contributed by atoms with Crippen molar-refractivity contribution in [3.05, 3.63) is 89.2 Å². The third kappa shape index (κ3) is 5.03. The molecule has 148 valence electrons. The monoisotopic (exact) mass is 411 g/mol. The smallest absolute Gasteiger partial charge is 0.416 e. The van der Waals surface area contributed by atoms with Crippen LogP contribution >= 0.6 is 12.4 Å². The summed E-state index contributed by atoms with van der Waals surface area (Å²) in [6.45, 7) is 0.426. The van der Waals surface area contributed by atoms with Crippen LogP contribution in [0.15, 0.2) is 66.7 Å². The zero-order valence-corrected chi connectivity index (χ0v) is 15.5. The molecule has 2 nitrogen and oxygen atoms in total. The summed E-state index contributed by atoms with van der Waals surface area (Å²) in [6, 6.07) is 16.4. The molecule has 3 aromatic carbocycles. The molecule has 0 aliphatic carbocycles. The maximum atomic E-state index is 14.3. The minimum atomic E-state index is -4.56. The fourth-order valence-electron chi connectivity index (χ4n) is 2.68. The average Bonchev–Trinajstić information content (AvgIpc) is 2.66. The van der Waals surface area contributed by atoms with Crippen LogP contribution < -0.4 is 10.5 Å². The molecular formula is C21H18ClF4NO. The maximum Gasteiger partial charge on any atom is 0.416 e. The third-order valence-electron chi connectivity index (χ3n) is 4.10. The van der Waals surface area contributed by atoms with Crippen molar-refractivity contribution >= 4 is 12.4 Å². The first-order chi connectivity index (χ1) is 12.9. The molecule has 3 rings (SSSR count). The summed E-state index contributed by atoms with van der Waals surface area (Å²) in [6.07, 6.45) is -4.56. The first-order valence-electron chi connectivity index (χ1n) is 8.25. The standard InChI is InChI=1S/C21H17F4NO.ClH/c22-19-9-7-16(21(23,24)25)11-18(19)17-8-6-15(12-26)10-20(17)27-13-14-4-2-1-3-5-14;/h1-11H,12-13,26H2;1H. The largest absolute Gasteiger partial charge is 0.488 e. The van der Waals surface area contributed by atoms with Gasteiger partial charge in [-0.25, -0.2) is 4.39 Å². The van der Waals surface area contributed by atoms with Gasteiger partial charge in [0.2, 0.25) is 0 Å². The van der Waals surface area contributed by atoms with Gasteiger partial charge in [0.25, 0.3) is 0 Å². The summed E-state index contributed by atoms with van der Waals surface area (Å²) in [5.41, 5.74) is 6.41. The number of hydrogen-bond donors (Lipinski definition) is 1. The minimum Gasteiger partial charge on any atom is -0.488 e. The van der Waals surface area contributed by atoms with E-state index in [1.165, 1.54) is 6.07 Å². The lowest BCUT2D eigenvalue weighted by Crippen LogP contribution is -2.06. The lowest BCUT2D eigenvalue weighted by molar-refractivity contribution is -0.137. The van der Waals surface area contributed by atoms with Crippen LogP contribution in [-0.4, -0.2) is 0 Å². The van der Waals surface area contributed by atoms with Crippen LogP contribution in [0.25, 0.3) is 11.1 Å². The summed E-state index contributed by atoms with van der Waals surface area (Å²) in [7, 11) is 0. The Labute approximate surface area is 166 Å². The molecule has 0 amide bonds. The predicted octanol–water partition coefficient (Wildman–Crippen LogP) is 5.97. The van der Waals surface area contributed by atoms with Gasteiger partial charge in [-0.2, -0.15) is 13.2 Å². The van der Waals surface area contributed by atoms with Gasteiger partial charge in [0, 0.05) is 17.7 Å². The Kier molecular flexibility index (Phi) is 7.05. The van der Waals surface area contributed by atoms with Gasteiger partial charge in [-0.05, 0) is 35.4 Å².